The zero-order valence-corrected chi connectivity index (χ0v) is 10.7. The van der Waals surface area contributed by atoms with E-state index < -0.39 is 0 Å². The second-order valence-corrected chi connectivity index (χ2v) is 4.52. The van der Waals surface area contributed by atoms with Crippen molar-refractivity contribution >= 4 is 11.5 Å². The van der Waals surface area contributed by atoms with Crippen LogP contribution in [0.1, 0.15) is 56.6 Å². The van der Waals surface area contributed by atoms with Crippen molar-refractivity contribution in [1.29, 1.82) is 0 Å². The smallest absolute Gasteiger partial charge is 0.0800 e. The monoisotopic (exact) mass is 227 g/mol. The maximum Gasteiger partial charge on any atom is 0.0800 e. The minimum absolute atomic E-state index is 0.463. The Bertz CT molecular complexity index is 273. The molecule has 0 saturated carbocycles. The predicted octanol–water partition coefficient (Wildman–Crippen LogP) is 2.94. The Morgan fingerprint density at radius 1 is 1.27 bits per heavy atom. The van der Waals surface area contributed by atoms with Gasteiger partial charge in [0.1, 0.15) is 0 Å². The van der Waals surface area contributed by atoms with E-state index in [2.05, 4.69) is 35.7 Å². The van der Waals surface area contributed by atoms with Gasteiger partial charge in [-0.25, -0.2) is 0 Å². The fourth-order valence-corrected chi connectivity index (χ4v) is 2.50. The Morgan fingerprint density at radius 3 is 2.67 bits per heavy atom. The fourth-order valence-electron chi connectivity index (χ4n) is 1.66. The lowest BCUT2D eigenvalue weighted by molar-refractivity contribution is 0.497. The number of nitrogens with one attached hydrogen (secondary N) is 1. The lowest BCUT2D eigenvalue weighted by atomic mass is 10.1. The molecule has 15 heavy (non-hydrogen) atoms. The van der Waals surface area contributed by atoms with E-state index in [1.165, 1.54) is 29.8 Å². The van der Waals surface area contributed by atoms with Gasteiger partial charge in [0.25, 0.3) is 0 Å². The summed E-state index contributed by atoms with van der Waals surface area (Å²) in [4.78, 5) is 1.34. The maximum atomic E-state index is 4.17. The predicted molar refractivity (Wildman–Crippen MR) is 65.2 cm³/mol. The van der Waals surface area contributed by atoms with Gasteiger partial charge < -0.3 is 5.32 Å². The topological polar surface area (TPSA) is 37.8 Å². The highest BCUT2D eigenvalue weighted by molar-refractivity contribution is 7.05. The largest absolute Gasteiger partial charge is 0.309 e. The van der Waals surface area contributed by atoms with Gasteiger partial charge in [-0.2, -0.15) is 0 Å². The Balaban J connectivity index is 2.69. The van der Waals surface area contributed by atoms with Gasteiger partial charge in [-0.3, -0.25) is 0 Å². The SMILES string of the molecule is CCCNC(CCC)c1snnc1CC. The number of hydrogen-bond donors (Lipinski definition) is 1. The second-order valence-electron chi connectivity index (χ2n) is 3.73. The van der Waals surface area contributed by atoms with Crippen molar-refractivity contribution < 1.29 is 0 Å². The van der Waals surface area contributed by atoms with Crippen LogP contribution >= 0.6 is 11.5 Å². The van der Waals surface area contributed by atoms with Crippen LogP contribution in [0, 0.1) is 0 Å². The van der Waals surface area contributed by atoms with Crippen LogP contribution in [0.25, 0.3) is 0 Å². The van der Waals surface area contributed by atoms with Gasteiger partial charge in [-0.05, 0) is 37.3 Å². The molecule has 0 fully saturated rings. The number of hydrogen-bond acceptors (Lipinski definition) is 4. The molecule has 0 aliphatic rings. The molecule has 0 aromatic carbocycles. The Kier molecular flexibility index (Phi) is 5.79. The Hall–Kier alpha value is -0.480. The number of nitrogens with zero attached hydrogens (tertiary/aromatic N) is 2. The summed E-state index contributed by atoms with van der Waals surface area (Å²) < 4.78 is 4.06. The first-order chi connectivity index (χ1) is 7.33. The number of aromatic nitrogens is 2. The van der Waals surface area contributed by atoms with E-state index in [9.17, 15) is 0 Å². The van der Waals surface area contributed by atoms with Gasteiger partial charge >= 0.3 is 0 Å². The van der Waals surface area contributed by atoms with Crippen LogP contribution in [0.2, 0.25) is 0 Å². The lowest BCUT2D eigenvalue weighted by Gasteiger charge is -2.16. The summed E-state index contributed by atoms with van der Waals surface area (Å²) in [6.45, 7) is 7.64. The molecule has 4 heteroatoms. The van der Waals surface area contributed by atoms with Gasteiger partial charge in [0.15, 0.2) is 0 Å². The summed E-state index contributed by atoms with van der Waals surface area (Å²) in [6.07, 6.45) is 4.53. The Morgan fingerprint density at radius 2 is 2.07 bits per heavy atom. The maximum absolute atomic E-state index is 4.17. The standard InChI is InChI=1S/C11H21N3S/c1-4-7-10(12-8-5-2)11-9(6-3)13-14-15-11/h10,12H,4-8H2,1-3H3. The molecule has 1 heterocycles. The number of aryl methyl sites for hydroxylation is 1. The Labute approximate surface area is 96.5 Å². The molecule has 0 amide bonds. The molecule has 3 nitrogen and oxygen atoms in total. The van der Waals surface area contributed by atoms with Crippen molar-refractivity contribution in [3.05, 3.63) is 10.6 Å². The minimum Gasteiger partial charge on any atom is -0.309 e. The molecule has 0 bridgehead atoms. The van der Waals surface area contributed by atoms with Crippen LogP contribution in [0.3, 0.4) is 0 Å². The normalized spacial score (nSPS) is 13.0. The molecule has 0 radical (unpaired) electrons. The minimum atomic E-state index is 0.463. The molecule has 0 aliphatic heterocycles. The number of rotatable bonds is 7. The van der Waals surface area contributed by atoms with E-state index in [1.807, 2.05) is 0 Å². The van der Waals surface area contributed by atoms with Crippen molar-refractivity contribution in [3.8, 4) is 0 Å². The first-order valence-electron chi connectivity index (χ1n) is 5.87. The molecule has 1 aromatic rings. The molecule has 86 valence electrons. The van der Waals surface area contributed by atoms with Crippen molar-refractivity contribution in [3.63, 3.8) is 0 Å². The van der Waals surface area contributed by atoms with Crippen LogP contribution in [0.4, 0.5) is 0 Å². The van der Waals surface area contributed by atoms with Gasteiger partial charge in [0.05, 0.1) is 10.6 Å². The highest BCUT2D eigenvalue weighted by Crippen LogP contribution is 2.24. The fraction of sp³-hybridized carbons (Fsp3) is 0.818. The van der Waals surface area contributed by atoms with E-state index in [0.29, 0.717) is 6.04 Å². The molecule has 0 saturated heterocycles. The van der Waals surface area contributed by atoms with E-state index in [4.69, 9.17) is 0 Å². The van der Waals surface area contributed by atoms with E-state index in [1.54, 1.807) is 11.5 Å². The molecule has 1 unspecified atom stereocenters. The van der Waals surface area contributed by atoms with Gasteiger partial charge in [-0.15, -0.1) is 5.10 Å². The van der Waals surface area contributed by atoms with Crippen molar-refractivity contribution in [1.82, 2.24) is 14.9 Å². The zero-order chi connectivity index (χ0) is 11.1. The average Bonchev–Trinajstić information content (AvgIpc) is 2.72. The molecule has 1 rings (SSSR count). The van der Waals surface area contributed by atoms with Gasteiger partial charge in [0, 0.05) is 6.04 Å². The van der Waals surface area contributed by atoms with Gasteiger partial charge in [-0.1, -0.05) is 31.7 Å². The summed E-state index contributed by atoms with van der Waals surface area (Å²) in [5, 5.41) is 7.75. The van der Waals surface area contributed by atoms with Crippen LogP contribution in [0.15, 0.2) is 0 Å². The van der Waals surface area contributed by atoms with Crippen LogP contribution < -0.4 is 5.32 Å². The molecule has 0 spiro atoms. The van der Waals surface area contributed by atoms with Crippen molar-refractivity contribution in [2.45, 2.75) is 52.5 Å². The van der Waals surface area contributed by atoms with Crippen LogP contribution in [-0.2, 0) is 6.42 Å². The third-order valence-corrected chi connectivity index (χ3v) is 3.33. The average molecular weight is 227 g/mol. The summed E-state index contributed by atoms with van der Waals surface area (Å²) in [5.41, 5.74) is 1.17. The van der Waals surface area contributed by atoms with E-state index in [-0.39, 0.29) is 0 Å². The summed E-state index contributed by atoms with van der Waals surface area (Å²) in [6, 6.07) is 0.463. The first-order valence-corrected chi connectivity index (χ1v) is 6.65. The first kappa shape index (κ1) is 12.6. The molecule has 1 atom stereocenters. The molecule has 1 N–H and O–H groups in total. The third kappa shape index (κ3) is 3.54. The van der Waals surface area contributed by atoms with Gasteiger partial charge in [0.2, 0.25) is 0 Å². The van der Waals surface area contributed by atoms with Crippen LogP contribution in [-0.4, -0.2) is 16.1 Å². The zero-order valence-electron chi connectivity index (χ0n) is 9.92. The van der Waals surface area contributed by atoms with E-state index >= 15 is 0 Å². The molecular formula is C11H21N3S. The lowest BCUT2D eigenvalue weighted by Crippen LogP contribution is -2.22. The van der Waals surface area contributed by atoms with Crippen molar-refractivity contribution in [2.24, 2.45) is 0 Å². The van der Waals surface area contributed by atoms with E-state index in [0.717, 1.165) is 13.0 Å². The highest BCUT2D eigenvalue weighted by Gasteiger charge is 2.16. The highest BCUT2D eigenvalue weighted by atomic mass is 32.1. The molecular weight excluding hydrogens is 206 g/mol. The van der Waals surface area contributed by atoms with Crippen LogP contribution in [0.5, 0.6) is 0 Å². The third-order valence-electron chi connectivity index (χ3n) is 2.45. The molecule has 1 aromatic heterocycles. The second kappa shape index (κ2) is 6.90. The quantitative estimate of drug-likeness (QED) is 0.778. The summed E-state index contributed by atoms with van der Waals surface area (Å²) in [5.74, 6) is 0. The molecule has 0 aliphatic carbocycles. The van der Waals surface area contributed by atoms with Crippen molar-refractivity contribution in [2.75, 3.05) is 6.54 Å². The summed E-state index contributed by atoms with van der Waals surface area (Å²) >= 11 is 1.55. The summed E-state index contributed by atoms with van der Waals surface area (Å²) in [7, 11) is 0.